The van der Waals surface area contributed by atoms with E-state index in [9.17, 15) is 4.79 Å². The van der Waals surface area contributed by atoms with Crippen molar-refractivity contribution in [1.82, 2.24) is 14.5 Å². The molecule has 0 saturated carbocycles. The highest BCUT2D eigenvalue weighted by molar-refractivity contribution is 6.36. The Balaban J connectivity index is 1.44. The van der Waals surface area contributed by atoms with Crippen LogP contribution in [0, 0.1) is 0 Å². The van der Waals surface area contributed by atoms with Crippen molar-refractivity contribution in [3.05, 3.63) is 99.8 Å². The second-order valence-electron chi connectivity index (χ2n) is 8.22. The van der Waals surface area contributed by atoms with E-state index in [-0.39, 0.29) is 11.8 Å². The lowest BCUT2D eigenvalue weighted by molar-refractivity contribution is -0.127. The number of amides is 1. The fraction of sp³-hybridized carbons (Fsp3) is 0.231. The van der Waals surface area contributed by atoms with Gasteiger partial charge in [0.15, 0.2) is 0 Å². The van der Waals surface area contributed by atoms with Gasteiger partial charge in [-0.15, -0.1) is 0 Å². The first kappa shape index (κ1) is 21.0. The summed E-state index contributed by atoms with van der Waals surface area (Å²) in [5, 5.41) is 1.27. The van der Waals surface area contributed by atoms with Gasteiger partial charge in [0.25, 0.3) is 0 Å². The van der Waals surface area contributed by atoms with Gasteiger partial charge in [-0.05, 0) is 36.2 Å². The van der Waals surface area contributed by atoms with Crippen LogP contribution in [0.15, 0.2) is 72.8 Å². The van der Waals surface area contributed by atoms with Crippen LogP contribution in [-0.2, 0) is 17.8 Å². The fourth-order valence-electron chi connectivity index (χ4n) is 4.48. The summed E-state index contributed by atoms with van der Waals surface area (Å²) >= 11 is 12.9. The van der Waals surface area contributed by atoms with Gasteiger partial charge in [0.2, 0.25) is 5.91 Å². The second kappa shape index (κ2) is 8.97. The van der Waals surface area contributed by atoms with Gasteiger partial charge < -0.3 is 9.47 Å². The molecule has 0 bridgehead atoms. The maximum Gasteiger partial charge on any atom is 0.223 e. The normalized spacial score (nSPS) is 16.2. The van der Waals surface area contributed by atoms with Crippen LogP contribution < -0.4 is 0 Å². The van der Waals surface area contributed by atoms with E-state index in [4.69, 9.17) is 28.2 Å². The molecule has 1 aromatic heterocycles. The number of carbonyl (C=O) groups excluding carboxylic acids is 1. The summed E-state index contributed by atoms with van der Waals surface area (Å²) in [6.07, 6.45) is 1.32. The van der Waals surface area contributed by atoms with Crippen molar-refractivity contribution in [2.75, 3.05) is 13.1 Å². The Morgan fingerprint density at radius 1 is 0.906 bits per heavy atom. The predicted molar refractivity (Wildman–Crippen MR) is 129 cm³/mol. The van der Waals surface area contributed by atoms with Crippen LogP contribution in [0.3, 0.4) is 0 Å². The molecule has 0 aliphatic carbocycles. The van der Waals surface area contributed by atoms with Gasteiger partial charge in [-0.25, -0.2) is 4.98 Å². The minimum absolute atomic E-state index is 0.0342. The maximum atomic E-state index is 12.8. The Labute approximate surface area is 197 Å². The van der Waals surface area contributed by atoms with E-state index in [1.54, 1.807) is 0 Å². The zero-order valence-corrected chi connectivity index (χ0v) is 19.1. The summed E-state index contributed by atoms with van der Waals surface area (Å²) in [7, 11) is 0. The van der Waals surface area contributed by atoms with Crippen LogP contribution in [0.1, 0.15) is 29.3 Å². The van der Waals surface area contributed by atoms with Crippen LogP contribution in [-0.4, -0.2) is 33.4 Å². The number of imidazole rings is 1. The molecule has 1 aliphatic heterocycles. The van der Waals surface area contributed by atoms with Gasteiger partial charge in [-0.2, -0.15) is 0 Å². The van der Waals surface area contributed by atoms with Crippen LogP contribution in [0.2, 0.25) is 10.0 Å². The lowest BCUT2D eigenvalue weighted by atomic mass is 10.1. The minimum Gasteiger partial charge on any atom is -0.342 e. The summed E-state index contributed by atoms with van der Waals surface area (Å²) in [4.78, 5) is 19.7. The number of fused-ring (bicyclic) bond motifs is 1. The van der Waals surface area contributed by atoms with Crippen molar-refractivity contribution in [3.63, 3.8) is 0 Å². The molecule has 1 unspecified atom stereocenters. The fourth-order valence-corrected chi connectivity index (χ4v) is 5.00. The van der Waals surface area contributed by atoms with Crippen molar-refractivity contribution in [2.24, 2.45) is 0 Å². The van der Waals surface area contributed by atoms with E-state index in [1.807, 2.05) is 59.5 Å². The maximum absolute atomic E-state index is 12.8. The van der Waals surface area contributed by atoms with E-state index in [0.717, 1.165) is 35.4 Å². The lowest BCUT2D eigenvalue weighted by Crippen LogP contribution is -2.27. The second-order valence-corrected chi connectivity index (χ2v) is 9.04. The van der Waals surface area contributed by atoms with Crippen molar-refractivity contribution >= 4 is 40.1 Å². The van der Waals surface area contributed by atoms with E-state index < -0.39 is 0 Å². The number of halogens is 2. The van der Waals surface area contributed by atoms with Crippen molar-refractivity contribution in [3.8, 4) is 0 Å². The molecule has 162 valence electrons. The summed E-state index contributed by atoms with van der Waals surface area (Å²) < 4.78 is 2.17. The number of likely N-dealkylation sites (tertiary alicyclic amines) is 1. The average molecular weight is 464 g/mol. The quantitative estimate of drug-likeness (QED) is 0.354. The molecule has 1 amide bonds. The van der Waals surface area contributed by atoms with Crippen LogP contribution in [0.4, 0.5) is 0 Å². The topological polar surface area (TPSA) is 38.1 Å². The standard InChI is InChI=1S/C26H23Cl2N3O/c27-21-9-6-10-22(28)20(21)17-31-24-12-5-4-11-23(24)29-26(31)19-15-25(32)30(16-19)14-13-18-7-2-1-3-8-18/h1-12,19H,13-17H2. The number of benzene rings is 3. The van der Waals surface area contributed by atoms with Crippen LogP contribution in [0.25, 0.3) is 11.0 Å². The Morgan fingerprint density at radius 2 is 1.62 bits per heavy atom. The largest absolute Gasteiger partial charge is 0.342 e. The molecule has 32 heavy (non-hydrogen) atoms. The van der Waals surface area contributed by atoms with Gasteiger partial charge in [-0.1, -0.05) is 71.7 Å². The van der Waals surface area contributed by atoms with Crippen molar-refractivity contribution in [1.29, 1.82) is 0 Å². The first-order valence-corrected chi connectivity index (χ1v) is 11.6. The summed E-state index contributed by atoms with van der Waals surface area (Å²) in [5.41, 5.74) is 4.05. The van der Waals surface area contributed by atoms with E-state index >= 15 is 0 Å². The van der Waals surface area contributed by atoms with Crippen molar-refractivity contribution < 1.29 is 4.79 Å². The molecule has 0 N–H and O–H groups in total. The SMILES string of the molecule is O=C1CC(c2nc3ccccc3n2Cc2c(Cl)cccc2Cl)CN1CCc1ccccc1. The van der Waals surface area contributed by atoms with E-state index in [2.05, 4.69) is 22.8 Å². The molecule has 1 atom stereocenters. The minimum atomic E-state index is 0.0342. The molecule has 1 fully saturated rings. The summed E-state index contributed by atoms with van der Waals surface area (Å²) in [5.74, 6) is 1.13. The van der Waals surface area contributed by atoms with E-state index in [1.165, 1.54) is 5.56 Å². The van der Waals surface area contributed by atoms with Crippen LogP contribution >= 0.6 is 23.2 Å². The highest BCUT2D eigenvalue weighted by Crippen LogP contribution is 2.33. The number of carbonyl (C=O) groups is 1. The molecular formula is C26H23Cl2N3O. The molecule has 6 heteroatoms. The number of hydrogen-bond donors (Lipinski definition) is 0. The monoisotopic (exact) mass is 463 g/mol. The molecule has 0 radical (unpaired) electrons. The summed E-state index contributed by atoms with van der Waals surface area (Å²) in [6.45, 7) is 1.91. The Bertz CT molecular complexity index is 1250. The molecule has 4 nitrogen and oxygen atoms in total. The molecule has 4 aromatic rings. The highest BCUT2D eigenvalue weighted by Gasteiger charge is 2.34. The number of rotatable bonds is 6. The lowest BCUT2D eigenvalue weighted by Gasteiger charge is -2.18. The molecule has 1 aliphatic rings. The molecule has 3 aromatic carbocycles. The molecular weight excluding hydrogens is 441 g/mol. The molecule has 5 rings (SSSR count). The highest BCUT2D eigenvalue weighted by atomic mass is 35.5. The number of aromatic nitrogens is 2. The number of hydrogen-bond acceptors (Lipinski definition) is 2. The third-order valence-corrected chi connectivity index (χ3v) is 6.86. The smallest absolute Gasteiger partial charge is 0.223 e. The van der Waals surface area contributed by atoms with E-state index in [0.29, 0.717) is 29.6 Å². The predicted octanol–water partition coefficient (Wildman–Crippen LogP) is 5.95. The van der Waals surface area contributed by atoms with Gasteiger partial charge >= 0.3 is 0 Å². The zero-order valence-electron chi connectivity index (χ0n) is 17.5. The summed E-state index contributed by atoms with van der Waals surface area (Å²) in [6, 6.07) is 23.9. The Hall–Kier alpha value is -2.82. The Kier molecular flexibility index (Phi) is 5.90. The third-order valence-electron chi connectivity index (χ3n) is 6.15. The van der Waals surface area contributed by atoms with Crippen molar-refractivity contribution in [2.45, 2.75) is 25.3 Å². The number of nitrogens with zero attached hydrogens (tertiary/aromatic N) is 3. The van der Waals surface area contributed by atoms with Gasteiger partial charge in [0, 0.05) is 41.0 Å². The van der Waals surface area contributed by atoms with Gasteiger partial charge in [0.1, 0.15) is 5.82 Å². The van der Waals surface area contributed by atoms with Crippen LogP contribution in [0.5, 0.6) is 0 Å². The molecule has 2 heterocycles. The zero-order chi connectivity index (χ0) is 22.1. The molecule has 0 spiro atoms. The molecule has 1 saturated heterocycles. The Morgan fingerprint density at radius 3 is 2.41 bits per heavy atom. The van der Waals surface area contributed by atoms with Gasteiger partial charge in [0.05, 0.1) is 17.6 Å². The third kappa shape index (κ3) is 4.13. The van der Waals surface area contributed by atoms with Gasteiger partial charge in [-0.3, -0.25) is 4.79 Å². The number of para-hydroxylation sites is 2. The first-order valence-electron chi connectivity index (χ1n) is 10.8. The average Bonchev–Trinajstić information content (AvgIpc) is 3.36. The first-order chi connectivity index (χ1) is 15.6.